The third-order valence-electron chi connectivity index (χ3n) is 2.09. The van der Waals surface area contributed by atoms with E-state index in [0.29, 0.717) is 0 Å². The highest BCUT2D eigenvalue weighted by atomic mass is 32.2. The highest BCUT2D eigenvalue weighted by Crippen LogP contribution is 2.31. The lowest BCUT2D eigenvalue weighted by Gasteiger charge is -2.37. The monoisotopic (exact) mass is 178 g/mol. The van der Waals surface area contributed by atoms with Crippen LogP contribution in [0.15, 0.2) is 0 Å². The van der Waals surface area contributed by atoms with Crippen LogP contribution in [0.5, 0.6) is 0 Å². The van der Waals surface area contributed by atoms with Gasteiger partial charge in [0.05, 0.1) is 12.2 Å². The Bertz CT molecular complexity index is 128. The van der Waals surface area contributed by atoms with Crippen molar-refractivity contribution in [2.45, 2.75) is 42.7 Å². The topological polar surface area (TPSA) is 60.7 Å². The van der Waals surface area contributed by atoms with Gasteiger partial charge < -0.3 is 15.3 Å². The Labute approximate surface area is 70.4 Å². The molecule has 0 aromatic rings. The highest BCUT2D eigenvalue weighted by Gasteiger charge is 2.38. The van der Waals surface area contributed by atoms with E-state index in [-0.39, 0.29) is 10.5 Å². The minimum absolute atomic E-state index is 0.00315. The molecule has 0 aromatic carbocycles. The van der Waals surface area contributed by atoms with E-state index in [1.165, 1.54) is 11.8 Å². The molecule has 1 rings (SSSR count). The smallest absolute Gasteiger partial charge is 0.108 e. The first-order chi connectivity index (χ1) is 5.04. The van der Waals surface area contributed by atoms with Crippen molar-refractivity contribution in [3.63, 3.8) is 0 Å². The van der Waals surface area contributed by atoms with Crippen molar-refractivity contribution in [2.24, 2.45) is 0 Å². The summed E-state index contributed by atoms with van der Waals surface area (Å²) >= 11 is 1.50. The van der Waals surface area contributed by atoms with Crippen LogP contribution in [-0.4, -0.2) is 44.1 Å². The molecule has 1 saturated heterocycles. The quantitative estimate of drug-likeness (QED) is 0.472. The van der Waals surface area contributed by atoms with Crippen molar-refractivity contribution in [3.05, 3.63) is 0 Å². The minimum atomic E-state index is -0.985. The molecule has 11 heavy (non-hydrogen) atoms. The molecule has 2 unspecified atom stereocenters. The Kier molecular flexibility index (Phi) is 2.80. The largest absolute Gasteiger partial charge is 0.389 e. The maximum Gasteiger partial charge on any atom is 0.108 e. The fraction of sp³-hybridized carbons (Fsp3) is 1.00. The summed E-state index contributed by atoms with van der Waals surface area (Å²) in [6.07, 6.45) is -2.58. The summed E-state index contributed by atoms with van der Waals surface area (Å²) in [4.78, 5) is 0. The molecular formula is C7H14O3S. The average molecular weight is 178 g/mol. The molecule has 0 aromatic heterocycles. The van der Waals surface area contributed by atoms with E-state index in [1.807, 2.05) is 13.8 Å². The molecule has 1 fully saturated rings. The lowest BCUT2D eigenvalue weighted by Crippen LogP contribution is -2.51. The number of aliphatic hydroxyl groups is 3. The molecule has 0 amide bonds. The number of hydrogen-bond donors (Lipinski definition) is 3. The summed E-state index contributed by atoms with van der Waals surface area (Å²) in [7, 11) is 0. The molecule has 0 bridgehead atoms. The molecule has 4 heteroatoms. The fourth-order valence-electron chi connectivity index (χ4n) is 1.26. The van der Waals surface area contributed by atoms with Gasteiger partial charge in [0, 0.05) is 10.5 Å². The second-order valence-corrected chi connectivity index (χ2v) is 4.78. The van der Waals surface area contributed by atoms with Gasteiger partial charge in [0.15, 0.2) is 0 Å². The van der Waals surface area contributed by atoms with Crippen LogP contribution < -0.4 is 0 Å². The molecule has 0 saturated carbocycles. The van der Waals surface area contributed by atoms with Crippen molar-refractivity contribution in [3.8, 4) is 0 Å². The van der Waals surface area contributed by atoms with Crippen molar-refractivity contribution < 1.29 is 15.3 Å². The van der Waals surface area contributed by atoms with Crippen LogP contribution in [-0.2, 0) is 0 Å². The average Bonchev–Trinajstić information content (AvgIpc) is 1.97. The van der Waals surface area contributed by atoms with Gasteiger partial charge >= 0.3 is 0 Å². The predicted octanol–water partition coefficient (Wildman–Crippen LogP) is -0.407. The zero-order valence-corrected chi connectivity index (χ0v) is 7.45. The Morgan fingerprint density at radius 2 is 1.18 bits per heavy atom. The Balaban J connectivity index is 2.63. The Morgan fingerprint density at radius 3 is 1.55 bits per heavy atom. The molecular weight excluding hydrogens is 164 g/mol. The SMILES string of the molecule is CC1S[C@@H](C)[C@H](O)C(O)[C@@H]1O. The van der Waals surface area contributed by atoms with Crippen molar-refractivity contribution in [2.75, 3.05) is 0 Å². The molecule has 0 spiro atoms. The van der Waals surface area contributed by atoms with E-state index in [1.54, 1.807) is 0 Å². The first kappa shape index (κ1) is 9.32. The predicted molar refractivity (Wildman–Crippen MR) is 44.5 cm³/mol. The molecule has 1 aliphatic rings. The molecule has 1 aliphatic heterocycles. The van der Waals surface area contributed by atoms with Gasteiger partial charge in [-0.1, -0.05) is 13.8 Å². The Morgan fingerprint density at radius 1 is 0.818 bits per heavy atom. The van der Waals surface area contributed by atoms with E-state index in [4.69, 9.17) is 0 Å². The normalized spacial score (nSPS) is 52.6. The van der Waals surface area contributed by atoms with Gasteiger partial charge in [-0.15, -0.1) is 0 Å². The van der Waals surface area contributed by atoms with E-state index < -0.39 is 18.3 Å². The molecule has 0 aliphatic carbocycles. The zero-order valence-electron chi connectivity index (χ0n) is 6.64. The first-order valence-corrected chi connectivity index (χ1v) is 4.68. The first-order valence-electron chi connectivity index (χ1n) is 3.73. The van der Waals surface area contributed by atoms with Crippen LogP contribution in [0.25, 0.3) is 0 Å². The van der Waals surface area contributed by atoms with E-state index >= 15 is 0 Å². The molecule has 5 atom stereocenters. The van der Waals surface area contributed by atoms with Gasteiger partial charge in [-0.3, -0.25) is 0 Å². The van der Waals surface area contributed by atoms with Crippen LogP contribution in [0.3, 0.4) is 0 Å². The van der Waals surface area contributed by atoms with Crippen LogP contribution in [0.4, 0.5) is 0 Å². The maximum absolute atomic E-state index is 9.30. The van der Waals surface area contributed by atoms with Gasteiger partial charge in [-0.05, 0) is 0 Å². The number of thioether (sulfide) groups is 1. The minimum Gasteiger partial charge on any atom is -0.389 e. The lowest BCUT2D eigenvalue weighted by atomic mass is 10.0. The summed E-state index contributed by atoms with van der Waals surface area (Å²) in [5, 5.41) is 27.9. The summed E-state index contributed by atoms with van der Waals surface area (Å²) in [6, 6.07) is 0. The third-order valence-corrected chi connectivity index (χ3v) is 3.51. The second-order valence-electron chi connectivity index (χ2n) is 3.02. The maximum atomic E-state index is 9.30. The second kappa shape index (κ2) is 3.31. The summed E-state index contributed by atoms with van der Waals surface area (Å²) in [6.45, 7) is 3.70. The van der Waals surface area contributed by atoms with Gasteiger partial charge in [0.25, 0.3) is 0 Å². The van der Waals surface area contributed by atoms with Gasteiger partial charge in [-0.25, -0.2) is 0 Å². The van der Waals surface area contributed by atoms with E-state index in [0.717, 1.165) is 0 Å². The van der Waals surface area contributed by atoms with Crippen LogP contribution in [0.2, 0.25) is 0 Å². The van der Waals surface area contributed by atoms with Gasteiger partial charge in [0.2, 0.25) is 0 Å². The lowest BCUT2D eigenvalue weighted by molar-refractivity contribution is -0.0623. The third kappa shape index (κ3) is 1.69. The summed E-state index contributed by atoms with van der Waals surface area (Å²) < 4.78 is 0. The molecule has 0 radical (unpaired) electrons. The van der Waals surface area contributed by atoms with Crippen molar-refractivity contribution >= 4 is 11.8 Å². The van der Waals surface area contributed by atoms with E-state index in [9.17, 15) is 15.3 Å². The highest BCUT2D eigenvalue weighted by molar-refractivity contribution is 8.00. The standard InChI is InChI=1S/C7H14O3S/c1-3-5(8)7(10)6(9)4(2)11-3/h3-10H,1-2H3/t3-,4?,5-,6+,7?/m0/s1. The van der Waals surface area contributed by atoms with E-state index in [2.05, 4.69) is 0 Å². The molecule has 3 nitrogen and oxygen atoms in total. The number of aliphatic hydroxyl groups excluding tert-OH is 3. The molecule has 1 heterocycles. The molecule has 3 N–H and O–H groups in total. The zero-order chi connectivity index (χ0) is 8.59. The van der Waals surface area contributed by atoms with Crippen molar-refractivity contribution in [1.82, 2.24) is 0 Å². The number of hydrogen-bond acceptors (Lipinski definition) is 4. The number of rotatable bonds is 0. The Hall–Kier alpha value is 0.230. The van der Waals surface area contributed by atoms with Crippen LogP contribution >= 0.6 is 11.8 Å². The van der Waals surface area contributed by atoms with Gasteiger partial charge in [-0.2, -0.15) is 11.8 Å². The fourth-order valence-corrected chi connectivity index (χ4v) is 2.58. The summed E-state index contributed by atoms with van der Waals surface area (Å²) in [5.74, 6) is 0. The van der Waals surface area contributed by atoms with Crippen LogP contribution in [0.1, 0.15) is 13.8 Å². The van der Waals surface area contributed by atoms with Crippen molar-refractivity contribution in [1.29, 1.82) is 0 Å². The van der Waals surface area contributed by atoms with Gasteiger partial charge in [0.1, 0.15) is 6.10 Å². The molecule has 66 valence electrons. The van der Waals surface area contributed by atoms with Crippen LogP contribution in [0, 0.1) is 0 Å². The summed E-state index contributed by atoms with van der Waals surface area (Å²) in [5.41, 5.74) is 0.